The van der Waals surface area contributed by atoms with Gasteiger partial charge in [0.15, 0.2) is 6.17 Å². The Kier molecular flexibility index (Phi) is 7.29. The molecule has 0 radical (unpaired) electrons. The van der Waals surface area contributed by atoms with E-state index >= 15 is 0 Å². The monoisotopic (exact) mass is 515 g/mol. The highest BCUT2D eigenvalue weighted by molar-refractivity contribution is 5.95. The third-order valence-corrected chi connectivity index (χ3v) is 6.91. The largest absolute Gasteiger partial charge is 0.486 e. The normalized spacial score (nSPS) is 22.3. The number of likely N-dealkylation sites (tertiary alicyclic amines) is 1. The molecule has 1 saturated heterocycles. The van der Waals surface area contributed by atoms with Crippen LogP contribution in [0.3, 0.4) is 0 Å². The van der Waals surface area contributed by atoms with E-state index in [0.29, 0.717) is 16.9 Å². The van der Waals surface area contributed by atoms with Crippen LogP contribution >= 0.6 is 0 Å². The van der Waals surface area contributed by atoms with Crippen LogP contribution in [0.5, 0.6) is 5.75 Å². The van der Waals surface area contributed by atoms with Crippen molar-refractivity contribution in [2.24, 2.45) is 5.92 Å². The third-order valence-electron chi connectivity index (χ3n) is 6.91. The number of nitriles is 1. The summed E-state index contributed by atoms with van der Waals surface area (Å²) in [6, 6.07) is 14.3. The van der Waals surface area contributed by atoms with Crippen LogP contribution in [-0.2, 0) is 9.59 Å². The smallest absolute Gasteiger partial charge is 0.248 e. The van der Waals surface area contributed by atoms with Gasteiger partial charge in [-0.3, -0.25) is 19.6 Å². The number of rotatable bonds is 7. The van der Waals surface area contributed by atoms with Gasteiger partial charge in [0.05, 0.1) is 17.8 Å². The molecule has 2 amide bonds. The summed E-state index contributed by atoms with van der Waals surface area (Å²) in [5.74, 6) is -0.285. The van der Waals surface area contributed by atoms with Gasteiger partial charge in [-0.2, -0.15) is 5.26 Å². The van der Waals surface area contributed by atoms with Gasteiger partial charge in [0.25, 0.3) is 0 Å². The predicted molar refractivity (Wildman–Crippen MR) is 136 cm³/mol. The fourth-order valence-corrected chi connectivity index (χ4v) is 4.73. The first-order valence-corrected chi connectivity index (χ1v) is 12.4. The number of piperidine rings is 1. The molecule has 5 rings (SSSR count). The minimum absolute atomic E-state index is 0.0648. The summed E-state index contributed by atoms with van der Waals surface area (Å²) in [7, 11) is 0. The van der Waals surface area contributed by atoms with Crippen LogP contribution in [0.15, 0.2) is 61.1 Å². The van der Waals surface area contributed by atoms with E-state index in [1.54, 1.807) is 48.9 Å². The summed E-state index contributed by atoms with van der Waals surface area (Å²) in [5.41, 5.74) is 3.07. The van der Waals surface area contributed by atoms with Crippen molar-refractivity contribution < 1.29 is 23.8 Å². The molecule has 3 heterocycles. The van der Waals surface area contributed by atoms with Crippen molar-refractivity contribution in [1.29, 1.82) is 5.26 Å². The van der Waals surface area contributed by atoms with E-state index in [9.17, 15) is 19.2 Å². The molecule has 194 valence electrons. The van der Waals surface area contributed by atoms with Crippen molar-refractivity contribution in [2.75, 3.05) is 25.0 Å². The lowest BCUT2D eigenvalue weighted by atomic mass is 10.0. The summed E-state index contributed by atoms with van der Waals surface area (Å²) in [5, 5.41) is 21.7. The summed E-state index contributed by atoms with van der Waals surface area (Å²) < 4.78 is 20.5. The number of pyridine rings is 2. The number of halogens is 1. The number of hydrogen-bond acceptors (Lipinski definition) is 7. The fourth-order valence-electron chi connectivity index (χ4n) is 4.73. The van der Waals surface area contributed by atoms with Gasteiger partial charge in [-0.1, -0.05) is 6.07 Å². The number of benzene rings is 1. The van der Waals surface area contributed by atoms with E-state index in [4.69, 9.17) is 9.84 Å². The first kappa shape index (κ1) is 25.3. The Hall–Kier alpha value is -4.36. The Morgan fingerprint density at radius 3 is 2.84 bits per heavy atom. The van der Waals surface area contributed by atoms with Crippen molar-refractivity contribution in [2.45, 2.75) is 31.0 Å². The zero-order chi connectivity index (χ0) is 26.6. The Morgan fingerprint density at radius 2 is 2.11 bits per heavy atom. The molecule has 9 nitrogen and oxygen atoms in total. The Balaban J connectivity index is 1.25. The fraction of sp³-hybridized carbons (Fsp3) is 0.321. The highest BCUT2D eigenvalue weighted by Gasteiger charge is 2.44. The molecular weight excluding hydrogens is 489 g/mol. The minimum Gasteiger partial charge on any atom is -0.486 e. The van der Waals surface area contributed by atoms with Crippen LogP contribution in [0.1, 0.15) is 29.9 Å². The van der Waals surface area contributed by atoms with Crippen molar-refractivity contribution in [3.05, 3.63) is 72.2 Å². The Morgan fingerprint density at radius 1 is 1.24 bits per heavy atom. The summed E-state index contributed by atoms with van der Waals surface area (Å²) >= 11 is 0. The lowest BCUT2D eigenvalue weighted by Gasteiger charge is -2.34. The van der Waals surface area contributed by atoms with E-state index < -0.39 is 24.8 Å². The minimum atomic E-state index is -1.45. The maximum Gasteiger partial charge on any atom is 0.248 e. The molecule has 1 aromatic carbocycles. The highest BCUT2D eigenvalue weighted by Crippen LogP contribution is 2.47. The third kappa shape index (κ3) is 5.48. The molecule has 1 saturated carbocycles. The van der Waals surface area contributed by atoms with Gasteiger partial charge in [-0.15, -0.1) is 0 Å². The molecule has 1 aliphatic carbocycles. The molecular formula is C28H26FN5O4. The number of aliphatic hydroxyl groups is 1. The average Bonchev–Trinajstić information content (AvgIpc) is 3.76. The first-order chi connectivity index (χ1) is 18.5. The van der Waals surface area contributed by atoms with Crippen molar-refractivity contribution in [1.82, 2.24) is 14.9 Å². The van der Waals surface area contributed by atoms with E-state index in [1.165, 1.54) is 4.90 Å². The number of amides is 2. The van der Waals surface area contributed by atoms with Gasteiger partial charge in [0.2, 0.25) is 11.8 Å². The van der Waals surface area contributed by atoms with Gasteiger partial charge < -0.3 is 20.1 Å². The standard InChI is InChI=1S/C28H26FN5O4/c29-23-15-34(27(36)16-35)9-6-26(23)38-25-4-3-17(10-19(25)13-30)24-11-20(5-8-32-24)33-28(37)22-12-21(22)18-2-1-7-31-14-18/h1-5,7-8,10-11,14,21-23,26,35H,6,9,12,15-16H2,(H,32,33,37)/t21-,22+,23+,26-/m0/s1. The summed E-state index contributed by atoms with van der Waals surface area (Å²) in [6.07, 6.45) is 3.84. The molecule has 0 unspecified atom stereocenters. The second-order valence-corrected chi connectivity index (χ2v) is 9.44. The maximum atomic E-state index is 14.7. The molecule has 0 bridgehead atoms. The predicted octanol–water partition coefficient (Wildman–Crippen LogP) is 3.07. The van der Waals surface area contributed by atoms with Gasteiger partial charge in [-0.25, -0.2) is 4.39 Å². The molecule has 10 heteroatoms. The molecule has 0 spiro atoms. The second kappa shape index (κ2) is 10.9. The van der Waals surface area contributed by atoms with Crippen molar-refractivity contribution in [3.63, 3.8) is 0 Å². The van der Waals surface area contributed by atoms with E-state index in [2.05, 4.69) is 21.4 Å². The van der Waals surface area contributed by atoms with Crippen LogP contribution < -0.4 is 10.1 Å². The van der Waals surface area contributed by atoms with Gasteiger partial charge in [0, 0.05) is 48.7 Å². The lowest BCUT2D eigenvalue weighted by molar-refractivity contribution is -0.138. The number of nitrogens with zero attached hydrogens (tertiary/aromatic N) is 4. The zero-order valence-corrected chi connectivity index (χ0v) is 20.5. The number of aliphatic hydroxyl groups excluding tert-OH is 1. The number of carbonyl (C=O) groups excluding carboxylic acids is 2. The van der Waals surface area contributed by atoms with Crippen LogP contribution in [0.2, 0.25) is 0 Å². The second-order valence-electron chi connectivity index (χ2n) is 9.44. The highest BCUT2D eigenvalue weighted by atomic mass is 19.1. The average molecular weight is 516 g/mol. The van der Waals surface area contributed by atoms with E-state index in [0.717, 1.165) is 12.0 Å². The summed E-state index contributed by atoms with van der Waals surface area (Å²) in [4.78, 5) is 34.2. The SMILES string of the molecule is N#Cc1cc(-c2cc(NC(=O)[C@@H]3C[C@H]3c3cccnc3)ccn2)ccc1O[C@H]1CCN(C(=O)CO)C[C@H]1F. The van der Waals surface area contributed by atoms with Crippen LogP contribution in [-0.4, -0.2) is 63.8 Å². The van der Waals surface area contributed by atoms with Gasteiger partial charge in [0.1, 0.15) is 24.5 Å². The number of nitrogens with one attached hydrogen (secondary N) is 1. The van der Waals surface area contributed by atoms with Crippen LogP contribution in [0.25, 0.3) is 11.3 Å². The quantitative estimate of drug-likeness (QED) is 0.495. The van der Waals surface area contributed by atoms with Crippen LogP contribution in [0, 0.1) is 17.2 Å². The molecule has 38 heavy (non-hydrogen) atoms. The zero-order valence-electron chi connectivity index (χ0n) is 20.5. The first-order valence-electron chi connectivity index (χ1n) is 12.4. The van der Waals surface area contributed by atoms with E-state index in [1.807, 2.05) is 12.1 Å². The van der Waals surface area contributed by atoms with Gasteiger partial charge in [-0.05, 0) is 54.3 Å². The molecule has 3 aromatic rings. The number of hydrogen-bond donors (Lipinski definition) is 2. The Bertz CT molecular complexity index is 1380. The Labute approximate surface area is 218 Å². The molecule has 2 fully saturated rings. The van der Waals surface area contributed by atoms with Crippen LogP contribution in [0.4, 0.5) is 10.1 Å². The van der Waals surface area contributed by atoms with E-state index in [-0.39, 0.29) is 48.6 Å². The molecule has 2 aliphatic rings. The van der Waals surface area contributed by atoms with Gasteiger partial charge >= 0.3 is 0 Å². The van der Waals surface area contributed by atoms with Crippen molar-refractivity contribution in [3.8, 4) is 23.1 Å². The molecule has 2 aromatic heterocycles. The molecule has 4 atom stereocenters. The number of anilines is 1. The maximum absolute atomic E-state index is 14.7. The number of carbonyl (C=O) groups is 2. The number of aromatic nitrogens is 2. The summed E-state index contributed by atoms with van der Waals surface area (Å²) in [6.45, 7) is -0.573. The number of ether oxygens (including phenoxy) is 1. The topological polar surface area (TPSA) is 128 Å². The molecule has 2 N–H and O–H groups in total. The lowest BCUT2D eigenvalue weighted by Crippen LogP contribution is -2.50. The van der Waals surface area contributed by atoms with Crippen molar-refractivity contribution >= 4 is 17.5 Å². The number of alkyl halides is 1. The molecule has 1 aliphatic heterocycles.